The SMILES string of the molecule is CCCc1ccc2c(c1F)Oc1c(cc(-c3ccc(C4CCC(CCC)CC4)c(F)c3F)c(F)c1F)C2. The first-order valence-electron chi connectivity index (χ1n) is 13.3. The molecular formula is C31H31F5O. The molecule has 1 aliphatic carbocycles. The van der Waals surface area contributed by atoms with Crippen LogP contribution in [0.25, 0.3) is 11.1 Å². The Morgan fingerprint density at radius 3 is 2.11 bits per heavy atom. The van der Waals surface area contributed by atoms with Gasteiger partial charge in [-0.2, -0.15) is 4.39 Å². The summed E-state index contributed by atoms with van der Waals surface area (Å²) < 4.78 is 81.4. The van der Waals surface area contributed by atoms with Gasteiger partial charge >= 0.3 is 0 Å². The van der Waals surface area contributed by atoms with E-state index in [4.69, 9.17) is 4.74 Å². The lowest BCUT2D eigenvalue weighted by Crippen LogP contribution is -2.15. The molecule has 0 radical (unpaired) electrons. The van der Waals surface area contributed by atoms with Crippen LogP contribution in [0, 0.1) is 35.0 Å². The van der Waals surface area contributed by atoms with Gasteiger partial charge in [-0.25, -0.2) is 17.6 Å². The quantitative estimate of drug-likeness (QED) is 0.233. The number of halogens is 5. The smallest absolute Gasteiger partial charge is 0.202 e. The van der Waals surface area contributed by atoms with E-state index < -0.39 is 34.8 Å². The summed E-state index contributed by atoms with van der Waals surface area (Å²) in [6, 6.07) is 7.49. The van der Waals surface area contributed by atoms with Gasteiger partial charge in [0.2, 0.25) is 5.82 Å². The molecule has 0 unspecified atom stereocenters. The van der Waals surface area contributed by atoms with Gasteiger partial charge in [-0.1, -0.05) is 57.4 Å². The fourth-order valence-corrected chi connectivity index (χ4v) is 6.01. The fourth-order valence-electron chi connectivity index (χ4n) is 6.01. The van der Waals surface area contributed by atoms with Crippen LogP contribution in [0.15, 0.2) is 30.3 Å². The van der Waals surface area contributed by atoms with Crippen molar-refractivity contribution in [2.45, 2.75) is 77.6 Å². The average molecular weight is 515 g/mol. The molecule has 37 heavy (non-hydrogen) atoms. The van der Waals surface area contributed by atoms with E-state index in [-0.39, 0.29) is 34.8 Å². The van der Waals surface area contributed by atoms with E-state index in [9.17, 15) is 4.39 Å². The van der Waals surface area contributed by atoms with Crippen molar-refractivity contribution in [1.82, 2.24) is 0 Å². The number of ether oxygens (including phenoxy) is 1. The fraction of sp³-hybridized carbons (Fsp3) is 0.419. The predicted molar refractivity (Wildman–Crippen MR) is 135 cm³/mol. The molecule has 1 saturated carbocycles. The summed E-state index contributed by atoms with van der Waals surface area (Å²) >= 11 is 0. The van der Waals surface area contributed by atoms with E-state index in [1.54, 1.807) is 12.1 Å². The second-order valence-corrected chi connectivity index (χ2v) is 10.4. The van der Waals surface area contributed by atoms with Crippen molar-refractivity contribution in [3.63, 3.8) is 0 Å². The Labute approximate surface area is 214 Å². The third kappa shape index (κ3) is 4.64. The summed E-state index contributed by atoms with van der Waals surface area (Å²) in [6.45, 7) is 4.06. The zero-order valence-corrected chi connectivity index (χ0v) is 21.2. The van der Waals surface area contributed by atoms with Crippen LogP contribution in [0.5, 0.6) is 11.5 Å². The van der Waals surface area contributed by atoms with E-state index in [0.717, 1.165) is 44.9 Å². The molecule has 0 spiro atoms. The highest BCUT2D eigenvalue weighted by molar-refractivity contribution is 5.69. The summed E-state index contributed by atoms with van der Waals surface area (Å²) in [4.78, 5) is 0. The summed E-state index contributed by atoms with van der Waals surface area (Å²) in [6.07, 6.45) is 7.09. The number of fused-ring (bicyclic) bond motifs is 2. The lowest BCUT2D eigenvalue weighted by Gasteiger charge is -2.29. The minimum atomic E-state index is -1.35. The molecule has 0 amide bonds. The summed E-state index contributed by atoms with van der Waals surface area (Å²) in [5, 5.41) is 0. The van der Waals surface area contributed by atoms with E-state index in [1.165, 1.54) is 18.2 Å². The third-order valence-corrected chi connectivity index (χ3v) is 7.99. The molecule has 5 rings (SSSR count). The van der Waals surface area contributed by atoms with Crippen molar-refractivity contribution in [3.8, 4) is 22.6 Å². The standard InChI is InChI=1S/C31H31F5O/c1-3-5-17-7-9-18(10-8-17)22-13-14-23(27(34)26(22)33)24-16-21-15-20-12-11-19(6-4-2)25(32)30(20)37-31(21)29(36)28(24)35/h11-14,16-18H,3-10,15H2,1-2H3. The molecule has 0 aromatic heterocycles. The van der Waals surface area contributed by atoms with Gasteiger partial charge in [0, 0.05) is 28.7 Å². The Hall–Kier alpha value is -2.89. The third-order valence-electron chi connectivity index (χ3n) is 7.99. The van der Waals surface area contributed by atoms with Gasteiger partial charge in [0.25, 0.3) is 0 Å². The molecule has 1 fully saturated rings. The first kappa shape index (κ1) is 25.7. The normalized spacial score (nSPS) is 18.8. The summed E-state index contributed by atoms with van der Waals surface area (Å²) in [7, 11) is 0. The first-order valence-corrected chi connectivity index (χ1v) is 13.3. The molecule has 1 nitrogen and oxygen atoms in total. The number of aryl methyl sites for hydroxylation is 1. The highest BCUT2D eigenvalue weighted by Gasteiger charge is 2.31. The molecule has 1 aliphatic heterocycles. The van der Waals surface area contributed by atoms with Gasteiger partial charge in [-0.15, -0.1) is 0 Å². The summed E-state index contributed by atoms with van der Waals surface area (Å²) in [5.41, 5.74) is 0.769. The van der Waals surface area contributed by atoms with Crippen molar-refractivity contribution in [3.05, 3.63) is 81.7 Å². The maximum atomic E-state index is 15.3. The van der Waals surface area contributed by atoms with Crippen LogP contribution in [0.1, 0.15) is 87.0 Å². The van der Waals surface area contributed by atoms with E-state index in [2.05, 4.69) is 6.92 Å². The molecule has 0 N–H and O–H groups in total. The van der Waals surface area contributed by atoms with Crippen LogP contribution in [-0.4, -0.2) is 0 Å². The zero-order chi connectivity index (χ0) is 26.3. The minimum absolute atomic E-state index is 0.0841. The van der Waals surface area contributed by atoms with Gasteiger partial charge in [0.05, 0.1) is 0 Å². The van der Waals surface area contributed by atoms with Gasteiger partial charge in [0.15, 0.2) is 34.8 Å². The van der Waals surface area contributed by atoms with Crippen LogP contribution in [0.4, 0.5) is 22.0 Å². The van der Waals surface area contributed by atoms with Gasteiger partial charge in [-0.3, -0.25) is 0 Å². The molecule has 0 atom stereocenters. The number of rotatable bonds is 6. The number of benzene rings is 3. The maximum Gasteiger partial charge on any atom is 0.202 e. The first-order chi connectivity index (χ1) is 17.8. The molecule has 1 heterocycles. The molecule has 196 valence electrons. The van der Waals surface area contributed by atoms with Crippen molar-refractivity contribution in [1.29, 1.82) is 0 Å². The van der Waals surface area contributed by atoms with Crippen molar-refractivity contribution >= 4 is 0 Å². The Morgan fingerprint density at radius 2 is 1.41 bits per heavy atom. The Bertz CT molecular complexity index is 1320. The van der Waals surface area contributed by atoms with E-state index in [1.807, 2.05) is 6.92 Å². The van der Waals surface area contributed by atoms with E-state index in [0.29, 0.717) is 29.0 Å². The van der Waals surface area contributed by atoms with E-state index >= 15 is 17.6 Å². The van der Waals surface area contributed by atoms with Crippen LogP contribution in [0.2, 0.25) is 0 Å². The second-order valence-electron chi connectivity index (χ2n) is 10.4. The molecule has 0 saturated heterocycles. The Morgan fingerprint density at radius 1 is 0.703 bits per heavy atom. The van der Waals surface area contributed by atoms with Gasteiger partial charge < -0.3 is 4.74 Å². The number of hydrogen-bond donors (Lipinski definition) is 0. The monoisotopic (exact) mass is 514 g/mol. The van der Waals surface area contributed by atoms with Gasteiger partial charge in [-0.05, 0) is 61.1 Å². The van der Waals surface area contributed by atoms with Crippen molar-refractivity contribution < 1.29 is 26.7 Å². The lowest BCUT2D eigenvalue weighted by atomic mass is 9.77. The molecule has 3 aromatic carbocycles. The van der Waals surface area contributed by atoms with Gasteiger partial charge in [0.1, 0.15) is 0 Å². The molecule has 0 bridgehead atoms. The predicted octanol–water partition coefficient (Wildman–Crippen LogP) is 9.77. The maximum absolute atomic E-state index is 15.3. The lowest BCUT2D eigenvalue weighted by molar-refractivity contribution is 0.303. The molecule has 2 aliphatic rings. The average Bonchev–Trinajstić information content (AvgIpc) is 2.90. The van der Waals surface area contributed by atoms with Crippen LogP contribution in [-0.2, 0) is 12.8 Å². The van der Waals surface area contributed by atoms with Crippen LogP contribution >= 0.6 is 0 Å². The topological polar surface area (TPSA) is 9.23 Å². The Balaban J connectivity index is 1.47. The van der Waals surface area contributed by atoms with Crippen LogP contribution < -0.4 is 4.74 Å². The highest BCUT2D eigenvalue weighted by atomic mass is 19.2. The number of hydrogen-bond acceptors (Lipinski definition) is 1. The second kappa shape index (κ2) is 10.5. The largest absolute Gasteiger partial charge is 0.450 e. The molecule has 3 aromatic rings. The molecule has 6 heteroatoms. The van der Waals surface area contributed by atoms with Crippen molar-refractivity contribution in [2.24, 2.45) is 5.92 Å². The van der Waals surface area contributed by atoms with Crippen molar-refractivity contribution in [2.75, 3.05) is 0 Å². The van der Waals surface area contributed by atoms with Crippen LogP contribution in [0.3, 0.4) is 0 Å². The zero-order valence-electron chi connectivity index (χ0n) is 21.2. The molecular weight excluding hydrogens is 483 g/mol. The Kier molecular flexibility index (Phi) is 7.28. The summed E-state index contributed by atoms with van der Waals surface area (Å²) in [5.74, 6) is -5.43. The minimum Gasteiger partial charge on any atom is -0.450 e. The highest BCUT2D eigenvalue weighted by Crippen LogP contribution is 2.45.